The van der Waals surface area contributed by atoms with Crippen LogP contribution in [-0.2, 0) is 17.8 Å². The molecule has 2 aromatic carbocycles. The van der Waals surface area contributed by atoms with Crippen LogP contribution < -0.4 is 4.74 Å². The van der Waals surface area contributed by atoms with Gasteiger partial charge in [-0.25, -0.2) is 4.79 Å². The second-order valence-corrected chi connectivity index (χ2v) is 7.55. The molecule has 0 amide bonds. The molecule has 1 saturated carbocycles. The lowest BCUT2D eigenvalue weighted by Gasteiger charge is -2.24. The number of carbonyl (C=O) groups excluding carboxylic acids is 1. The molecule has 1 fully saturated rings. The average Bonchev–Trinajstić information content (AvgIpc) is 3.59. The van der Waals surface area contributed by atoms with Crippen LogP contribution in [0.15, 0.2) is 48.5 Å². The van der Waals surface area contributed by atoms with Crippen molar-refractivity contribution in [3.05, 3.63) is 70.9 Å². The van der Waals surface area contributed by atoms with Gasteiger partial charge in [-0.05, 0) is 49.1 Å². The van der Waals surface area contributed by atoms with Gasteiger partial charge in [0.15, 0.2) is 0 Å². The fourth-order valence-electron chi connectivity index (χ4n) is 3.84. The van der Waals surface area contributed by atoms with E-state index in [4.69, 9.17) is 14.5 Å². The highest BCUT2D eigenvalue weighted by atomic mass is 16.5. The van der Waals surface area contributed by atoms with Crippen molar-refractivity contribution in [2.45, 2.75) is 38.9 Å². The second kappa shape index (κ2) is 8.21. The van der Waals surface area contributed by atoms with Crippen molar-refractivity contribution in [2.24, 2.45) is 0 Å². The van der Waals surface area contributed by atoms with Crippen LogP contribution in [0.2, 0.25) is 0 Å². The minimum atomic E-state index is -0.323. The number of carbonyl (C=O) groups is 1. The summed E-state index contributed by atoms with van der Waals surface area (Å²) in [5.74, 6) is 0.530. The number of methoxy groups -OCH3 is 2. The third-order valence-corrected chi connectivity index (χ3v) is 5.58. The first-order valence-electron chi connectivity index (χ1n) is 9.94. The van der Waals surface area contributed by atoms with E-state index in [1.54, 1.807) is 7.11 Å². The summed E-state index contributed by atoms with van der Waals surface area (Å²) >= 11 is 0. The minimum Gasteiger partial charge on any atom is -0.497 e. The fourth-order valence-corrected chi connectivity index (χ4v) is 3.84. The zero-order valence-electron chi connectivity index (χ0n) is 17.1. The van der Waals surface area contributed by atoms with E-state index in [0.29, 0.717) is 18.2 Å². The van der Waals surface area contributed by atoms with Gasteiger partial charge in [-0.15, -0.1) is 0 Å². The number of fused-ring (bicyclic) bond motifs is 1. The Bertz CT molecular complexity index is 1030. The second-order valence-electron chi connectivity index (χ2n) is 7.55. The topological polar surface area (TPSA) is 51.7 Å². The maximum atomic E-state index is 12.6. The fraction of sp³-hybridized carbons (Fsp3) is 0.333. The highest BCUT2D eigenvalue weighted by molar-refractivity contribution is 5.98. The van der Waals surface area contributed by atoms with Crippen LogP contribution >= 0.6 is 0 Å². The number of aromatic nitrogens is 1. The number of aryl methyl sites for hydroxylation is 1. The van der Waals surface area contributed by atoms with Crippen molar-refractivity contribution in [2.75, 3.05) is 14.2 Å². The van der Waals surface area contributed by atoms with E-state index >= 15 is 0 Å². The molecule has 3 aromatic rings. The lowest BCUT2D eigenvalue weighted by atomic mass is 10.0. The number of nitrogens with zero attached hydrogens (tertiary/aromatic N) is 2. The molecule has 0 unspecified atom stereocenters. The van der Waals surface area contributed by atoms with Gasteiger partial charge in [0.05, 0.1) is 31.0 Å². The lowest BCUT2D eigenvalue weighted by molar-refractivity contribution is 0.0596. The molecule has 0 aliphatic heterocycles. The highest BCUT2D eigenvalue weighted by Crippen LogP contribution is 2.32. The first kappa shape index (κ1) is 19.4. The van der Waals surface area contributed by atoms with E-state index in [1.807, 2.05) is 43.3 Å². The predicted molar refractivity (Wildman–Crippen MR) is 113 cm³/mol. The molecule has 0 atom stereocenters. The number of hydrogen-bond acceptors (Lipinski definition) is 5. The summed E-state index contributed by atoms with van der Waals surface area (Å²) in [6, 6.07) is 16.6. The van der Waals surface area contributed by atoms with Crippen LogP contribution in [0.4, 0.5) is 0 Å². The van der Waals surface area contributed by atoms with Crippen molar-refractivity contribution in [3.63, 3.8) is 0 Å². The summed E-state index contributed by atoms with van der Waals surface area (Å²) in [6.07, 6.45) is 2.35. The third kappa shape index (κ3) is 4.10. The largest absolute Gasteiger partial charge is 0.497 e. The maximum Gasteiger partial charge on any atom is 0.340 e. The quantitative estimate of drug-likeness (QED) is 0.556. The molecule has 0 spiro atoms. The summed E-state index contributed by atoms with van der Waals surface area (Å²) in [7, 11) is 3.10. The van der Waals surface area contributed by atoms with Gasteiger partial charge in [-0.2, -0.15) is 0 Å². The first-order valence-corrected chi connectivity index (χ1v) is 9.94. The summed E-state index contributed by atoms with van der Waals surface area (Å²) in [6.45, 7) is 3.40. The number of pyridine rings is 1. The van der Waals surface area contributed by atoms with Crippen LogP contribution in [0.3, 0.4) is 0 Å². The monoisotopic (exact) mass is 390 g/mol. The summed E-state index contributed by atoms with van der Waals surface area (Å²) < 4.78 is 10.4. The zero-order valence-corrected chi connectivity index (χ0v) is 17.1. The third-order valence-electron chi connectivity index (χ3n) is 5.58. The Morgan fingerprint density at radius 2 is 1.79 bits per heavy atom. The molecule has 0 radical (unpaired) electrons. The molecule has 150 valence electrons. The number of benzene rings is 2. The summed E-state index contributed by atoms with van der Waals surface area (Å²) in [5.41, 5.74) is 4.43. The van der Waals surface area contributed by atoms with Crippen LogP contribution in [0.5, 0.6) is 5.75 Å². The van der Waals surface area contributed by atoms with Gasteiger partial charge in [0.2, 0.25) is 0 Å². The van der Waals surface area contributed by atoms with Crippen molar-refractivity contribution >= 4 is 16.9 Å². The maximum absolute atomic E-state index is 12.6. The molecule has 4 rings (SSSR count). The summed E-state index contributed by atoms with van der Waals surface area (Å²) in [5, 5.41) is 0.991. The van der Waals surface area contributed by atoms with Crippen molar-refractivity contribution < 1.29 is 14.3 Å². The molecule has 1 aliphatic rings. The van der Waals surface area contributed by atoms with Gasteiger partial charge in [0.25, 0.3) is 0 Å². The SMILES string of the molecule is COC(=O)c1c(CN(Cc2ccc(OC)cc2)C2CC2)nc2ccccc2c1C. The van der Waals surface area contributed by atoms with Crippen molar-refractivity contribution in [3.8, 4) is 5.75 Å². The van der Waals surface area contributed by atoms with Gasteiger partial charge < -0.3 is 9.47 Å². The van der Waals surface area contributed by atoms with E-state index in [9.17, 15) is 4.79 Å². The standard InChI is InChI=1S/C24H26N2O3/c1-16-20-6-4-5-7-21(20)25-22(23(16)24(27)29-3)15-26(18-10-11-18)14-17-8-12-19(28-2)13-9-17/h4-9,12-13,18H,10-11,14-15H2,1-3H3. The van der Waals surface area contributed by atoms with E-state index in [2.05, 4.69) is 17.0 Å². The van der Waals surface area contributed by atoms with Crippen LogP contribution in [0.1, 0.15) is 40.0 Å². The van der Waals surface area contributed by atoms with Crippen LogP contribution in [-0.4, -0.2) is 36.1 Å². The van der Waals surface area contributed by atoms with E-state index in [0.717, 1.165) is 34.5 Å². The first-order chi connectivity index (χ1) is 14.1. The smallest absolute Gasteiger partial charge is 0.340 e. The number of para-hydroxylation sites is 1. The van der Waals surface area contributed by atoms with Gasteiger partial charge in [-0.3, -0.25) is 9.88 Å². The van der Waals surface area contributed by atoms with Gasteiger partial charge in [0.1, 0.15) is 5.75 Å². The number of esters is 1. The Labute approximate surface area is 171 Å². The molecule has 1 aliphatic carbocycles. The molecule has 0 N–H and O–H groups in total. The van der Waals surface area contributed by atoms with Crippen LogP contribution in [0.25, 0.3) is 10.9 Å². The van der Waals surface area contributed by atoms with Crippen molar-refractivity contribution in [1.82, 2.24) is 9.88 Å². The Hall–Kier alpha value is -2.92. The molecule has 1 aromatic heterocycles. The van der Waals surface area contributed by atoms with E-state index in [-0.39, 0.29) is 5.97 Å². The molecule has 0 bridgehead atoms. The Morgan fingerprint density at radius 3 is 2.45 bits per heavy atom. The highest BCUT2D eigenvalue weighted by Gasteiger charge is 2.31. The Morgan fingerprint density at radius 1 is 1.07 bits per heavy atom. The number of rotatable bonds is 7. The molecule has 29 heavy (non-hydrogen) atoms. The summed E-state index contributed by atoms with van der Waals surface area (Å²) in [4.78, 5) is 19.9. The Balaban J connectivity index is 1.69. The molecule has 5 nitrogen and oxygen atoms in total. The normalized spacial score (nSPS) is 13.7. The zero-order chi connectivity index (χ0) is 20.4. The van der Waals surface area contributed by atoms with E-state index in [1.165, 1.54) is 25.5 Å². The average molecular weight is 390 g/mol. The Kier molecular flexibility index (Phi) is 5.49. The molecule has 5 heteroatoms. The molecule has 0 saturated heterocycles. The molecule has 1 heterocycles. The van der Waals surface area contributed by atoms with Gasteiger partial charge in [-0.1, -0.05) is 30.3 Å². The van der Waals surface area contributed by atoms with Crippen LogP contribution in [0, 0.1) is 6.92 Å². The lowest BCUT2D eigenvalue weighted by Crippen LogP contribution is -2.27. The van der Waals surface area contributed by atoms with Gasteiger partial charge in [0, 0.05) is 24.5 Å². The number of ether oxygens (including phenoxy) is 2. The van der Waals surface area contributed by atoms with Crippen molar-refractivity contribution in [1.29, 1.82) is 0 Å². The predicted octanol–water partition coefficient (Wildman–Crippen LogP) is 4.50. The minimum absolute atomic E-state index is 0.323. The number of hydrogen-bond donors (Lipinski definition) is 0. The van der Waals surface area contributed by atoms with Gasteiger partial charge >= 0.3 is 5.97 Å². The van der Waals surface area contributed by atoms with E-state index < -0.39 is 0 Å². The molecular formula is C24H26N2O3. The molecular weight excluding hydrogens is 364 g/mol.